The molecule has 132 valence electrons. The maximum absolute atomic E-state index is 3.57. The standard InChI is InChI=1S/C15H23.3C3H3.Sn/c1-10(2)13-7-14(11(3)4)9-15(8-13)12(5)6;3*1-3-2;/h7-8,10-12H,1-6H3;3*1H3;. The average Bonchev–Trinajstić information content (AvgIpc) is 2.53. The van der Waals surface area contributed by atoms with Crippen molar-refractivity contribution >= 4 is 22.0 Å². The summed E-state index contributed by atoms with van der Waals surface area (Å²) in [5.74, 6) is 11.0. The molecule has 0 atom stereocenters. The Balaban J connectivity index is 4.11. The van der Waals surface area contributed by atoms with Gasteiger partial charge in [0.05, 0.1) is 0 Å². The Hall–Kier alpha value is -1.30. The molecule has 1 rings (SSSR count). The van der Waals surface area contributed by atoms with Crippen LogP contribution in [-0.4, -0.2) is 18.4 Å². The van der Waals surface area contributed by atoms with E-state index in [-0.39, 0.29) is 0 Å². The van der Waals surface area contributed by atoms with Crippen LogP contribution in [0.4, 0.5) is 0 Å². The van der Waals surface area contributed by atoms with Crippen LogP contribution in [0.2, 0.25) is 0 Å². The van der Waals surface area contributed by atoms with Gasteiger partial charge in [-0.1, -0.05) is 0 Å². The number of rotatable bonds is 4. The molecule has 0 heterocycles. The Kier molecular flexibility index (Phi) is 8.18. The van der Waals surface area contributed by atoms with Gasteiger partial charge < -0.3 is 0 Å². The number of hydrogen-bond acceptors (Lipinski definition) is 0. The molecule has 1 aromatic rings. The van der Waals surface area contributed by atoms with Gasteiger partial charge in [-0.15, -0.1) is 0 Å². The molecule has 0 N–H and O–H groups in total. The van der Waals surface area contributed by atoms with E-state index in [1.165, 1.54) is 20.3 Å². The molecule has 25 heavy (non-hydrogen) atoms. The zero-order valence-corrected chi connectivity index (χ0v) is 20.2. The second-order valence-electron chi connectivity index (χ2n) is 7.41. The first-order chi connectivity index (χ1) is 11.7. The minimum atomic E-state index is -3.46. The summed E-state index contributed by atoms with van der Waals surface area (Å²) in [5.41, 5.74) is 4.24. The molecule has 0 unspecified atom stereocenters. The third-order valence-corrected chi connectivity index (χ3v) is 13.6. The van der Waals surface area contributed by atoms with E-state index >= 15 is 0 Å². The molecule has 0 saturated heterocycles. The van der Waals surface area contributed by atoms with Gasteiger partial charge in [-0.05, 0) is 0 Å². The van der Waals surface area contributed by atoms with Gasteiger partial charge in [0, 0.05) is 0 Å². The maximum atomic E-state index is 3.57. The van der Waals surface area contributed by atoms with Crippen LogP contribution in [0.1, 0.15) is 96.8 Å². The van der Waals surface area contributed by atoms with E-state index in [1.54, 1.807) is 0 Å². The molecule has 0 bridgehead atoms. The Labute approximate surface area is 160 Å². The normalized spacial score (nSPS) is 10.7. The first kappa shape index (κ1) is 21.7. The van der Waals surface area contributed by atoms with Gasteiger partial charge in [-0.25, -0.2) is 0 Å². The summed E-state index contributed by atoms with van der Waals surface area (Å²) < 4.78 is 12.1. The van der Waals surface area contributed by atoms with E-state index in [0.29, 0.717) is 17.8 Å². The van der Waals surface area contributed by atoms with E-state index in [2.05, 4.69) is 83.2 Å². The molecule has 0 aliphatic rings. The number of benzene rings is 1. The van der Waals surface area contributed by atoms with Gasteiger partial charge >= 0.3 is 160 Å². The van der Waals surface area contributed by atoms with E-state index < -0.39 is 18.4 Å². The first-order valence-electron chi connectivity index (χ1n) is 9.23. The van der Waals surface area contributed by atoms with Gasteiger partial charge in [0.15, 0.2) is 0 Å². The molecule has 0 nitrogen and oxygen atoms in total. The fourth-order valence-electron chi connectivity index (χ4n) is 3.23. The number of hydrogen-bond donors (Lipinski definition) is 0. The minimum absolute atomic E-state index is 0.443. The summed E-state index contributed by atoms with van der Waals surface area (Å²) in [4.78, 5) is 0. The van der Waals surface area contributed by atoms with Crippen molar-refractivity contribution in [3.63, 3.8) is 0 Å². The van der Waals surface area contributed by atoms with E-state index in [1.807, 2.05) is 20.8 Å². The molecule has 0 aliphatic carbocycles. The van der Waals surface area contributed by atoms with Crippen molar-refractivity contribution in [1.82, 2.24) is 0 Å². The van der Waals surface area contributed by atoms with E-state index in [4.69, 9.17) is 0 Å². The van der Waals surface area contributed by atoms with Crippen molar-refractivity contribution in [2.75, 3.05) is 0 Å². The monoisotopic (exact) mass is 440 g/mol. The summed E-state index contributed by atoms with van der Waals surface area (Å²) >= 11 is -3.46. The van der Waals surface area contributed by atoms with Crippen LogP contribution < -0.4 is 3.58 Å². The zero-order valence-electron chi connectivity index (χ0n) is 17.4. The van der Waals surface area contributed by atoms with Gasteiger partial charge in [0.25, 0.3) is 0 Å². The fraction of sp³-hybridized carbons (Fsp3) is 0.500. The Morgan fingerprint density at radius 1 is 0.640 bits per heavy atom. The van der Waals surface area contributed by atoms with Crippen LogP contribution in [0.25, 0.3) is 0 Å². The molecule has 1 aromatic carbocycles. The molecule has 0 aromatic heterocycles. The van der Waals surface area contributed by atoms with Crippen molar-refractivity contribution in [1.29, 1.82) is 0 Å². The first-order valence-corrected chi connectivity index (χ1v) is 14.9. The van der Waals surface area contributed by atoms with Crippen LogP contribution in [0.15, 0.2) is 12.1 Å². The van der Waals surface area contributed by atoms with Gasteiger partial charge in [0.1, 0.15) is 0 Å². The summed E-state index contributed by atoms with van der Waals surface area (Å²) in [6.45, 7) is 19.4. The Morgan fingerprint density at radius 3 is 1.24 bits per heavy atom. The summed E-state index contributed by atoms with van der Waals surface area (Å²) in [5, 5.41) is 0. The van der Waals surface area contributed by atoms with Gasteiger partial charge in [-0.2, -0.15) is 0 Å². The summed E-state index contributed by atoms with van der Waals surface area (Å²) in [6.07, 6.45) is 0. The average molecular weight is 439 g/mol. The van der Waals surface area contributed by atoms with Crippen LogP contribution in [0.5, 0.6) is 0 Å². The summed E-state index contributed by atoms with van der Waals surface area (Å²) in [6, 6.07) is 4.79. The van der Waals surface area contributed by atoms with Crippen molar-refractivity contribution in [3.8, 4) is 29.6 Å². The van der Waals surface area contributed by atoms with Crippen molar-refractivity contribution in [2.45, 2.75) is 80.1 Å². The van der Waals surface area contributed by atoms with Crippen molar-refractivity contribution in [3.05, 3.63) is 28.8 Å². The molecule has 0 fully saturated rings. The predicted molar refractivity (Wildman–Crippen MR) is 114 cm³/mol. The quantitative estimate of drug-likeness (QED) is 0.436. The molecular weight excluding hydrogens is 407 g/mol. The summed E-state index contributed by atoms with van der Waals surface area (Å²) in [7, 11) is 0. The van der Waals surface area contributed by atoms with E-state index in [0.717, 1.165) is 0 Å². The topological polar surface area (TPSA) is 0 Å². The van der Waals surface area contributed by atoms with Crippen LogP contribution in [0, 0.1) is 29.6 Å². The van der Waals surface area contributed by atoms with Crippen LogP contribution in [0.3, 0.4) is 0 Å². The third kappa shape index (κ3) is 4.87. The molecule has 0 spiro atoms. The Bertz CT molecular complexity index is 710. The predicted octanol–water partition coefficient (Wildman–Crippen LogP) is 5.40. The molecular formula is C24H32Sn. The van der Waals surface area contributed by atoms with Gasteiger partial charge in [0.2, 0.25) is 0 Å². The van der Waals surface area contributed by atoms with Crippen LogP contribution in [-0.2, 0) is 0 Å². The van der Waals surface area contributed by atoms with Crippen LogP contribution >= 0.6 is 0 Å². The zero-order chi connectivity index (χ0) is 19.2. The molecule has 0 amide bonds. The molecule has 0 saturated carbocycles. The fourth-order valence-corrected chi connectivity index (χ4v) is 12.6. The molecule has 0 radical (unpaired) electrons. The SMILES string of the molecule is CC#[C][Sn]([C]#CC)([C]#CC)[c]1c(C(C)C)cc(C(C)C)cc1C(C)C. The molecule has 1 heteroatoms. The van der Waals surface area contributed by atoms with E-state index in [9.17, 15) is 0 Å². The Morgan fingerprint density at radius 2 is 1.00 bits per heavy atom. The van der Waals surface area contributed by atoms with Crippen molar-refractivity contribution < 1.29 is 0 Å². The third-order valence-electron chi connectivity index (χ3n) is 4.44. The second-order valence-corrected chi connectivity index (χ2v) is 15.3. The molecule has 0 aliphatic heterocycles. The van der Waals surface area contributed by atoms with Gasteiger partial charge in [-0.3, -0.25) is 0 Å². The van der Waals surface area contributed by atoms with Crippen molar-refractivity contribution in [2.24, 2.45) is 0 Å². The second kappa shape index (κ2) is 9.41.